The van der Waals surface area contributed by atoms with Gasteiger partial charge in [-0.3, -0.25) is 0 Å². The van der Waals surface area contributed by atoms with Gasteiger partial charge in [-0.1, -0.05) is 32.1 Å². The lowest BCUT2D eigenvalue weighted by Crippen LogP contribution is -2.56. The summed E-state index contributed by atoms with van der Waals surface area (Å²) in [4.78, 5) is 0. The van der Waals surface area contributed by atoms with Crippen LogP contribution in [0.25, 0.3) is 0 Å². The molecule has 2 heteroatoms. The maximum absolute atomic E-state index is 9.88. The molecule has 2 bridgehead atoms. The molecular formula is C15H27NO. The summed E-state index contributed by atoms with van der Waals surface area (Å²) in [5.74, 6) is 1.67. The summed E-state index contributed by atoms with van der Waals surface area (Å²) in [6, 6.07) is 0.684. The van der Waals surface area contributed by atoms with E-state index in [0.717, 1.165) is 11.8 Å². The number of rotatable bonds is 3. The summed E-state index contributed by atoms with van der Waals surface area (Å²) in [6.45, 7) is 0.366. The lowest BCUT2D eigenvalue weighted by atomic mass is 9.80. The molecule has 2 N–H and O–H groups in total. The van der Waals surface area contributed by atoms with Gasteiger partial charge in [0, 0.05) is 11.6 Å². The molecule has 17 heavy (non-hydrogen) atoms. The van der Waals surface area contributed by atoms with Crippen molar-refractivity contribution in [3.8, 4) is 0 Å². The Balaban J connectivity index is 1.65. The number of aliphatic hydroxyl groups excluding tert-OH is 1. The van der Waals surface area contributed by atoms with Crippen LogP contribution in [-0.2, 0) is 0 Å². The SMILES string of the molecule is OCC1(NC2CCCCCC2)CC2CCC1C2. The van der Waals surface area contributed by atoms with Crippen LogP contribution in [0.1, 0.15) is 64.2 Å². The monoisotopic (exact) mass is 237 g/mol. The zero-order chi connectivity index (χ0) is 11.7. The lowest BCUT2D eigenvalue weighted by molar-refractivity contribution is 0.0910. The highest BCUT2D eigenvalue weighted by atomic mass is 16.3. The number of hydrogen-bond donors (Lipinski definition) is 2. The van der Waals surface area contributed by atoms with Crippen molar-refractivity contribution in [2.75, 3.05) is 6.61 Å². The molecule has 0 aromatic heterocycles. The van der Waals surface area contributed by atoms with Gasteiger partial charge >= 0.3 is 0 Å². The Kier molecular flexibility index (Phi) is 3.45. The van der Waals surface area contributed by atoms with Gasteiger partial charge in [0.05, 0.1) is 6.61 Å². The first-order valence-electron chi connectivity index (χ1n) is 7.71. The number of nitrogens with one attached hydrogen (secondary N) is 1. The van der Waals surface area contributed by atoms with Gasteiger partial charge in [-0.2, -0.15) is 0 Å². The first-order chi connectivity index (χ1) is 8.32. The Labute approximate surface area is 105 Å². The van der Waals surface area contributed by atoms with Crippen molar-refractivity contribution in [3.63, 3.8) is 0 Å². The predicted octanol–water partition coefficient (Wildman–Crippen LogP) is 2.85. The second-order valence-electron chi connectivity index (χ2n) is 6.73. The molecule has 0 spiro atoms. The molecule has 0 heterocycles. The predicted molar refractivity (Wildman–Crippen MR) is 69.9 cm³/mol. The summed E-state index contributed by atoms with van der Waals surface area (Å²) >= 11 is 0. The van der Waals surface area contributed by atoms with Gasteiger partial charge in [-0.05, 0) is 43.9 Å². The fourth-order valence-electron chi connectivity index (χ4n) is 4.69. The maximum Gasteiger partial charge on any atom is 0.0616 e. The molecule has 3 aliphatic rings. The average molecular weight is 237 g/mol. The van der Waals surface area contributed by atoms with Crippen LogP contribution >= 0.6 is 0 Å². The van der Waals surface area contributed by atoms with E-state index in [1.54, 1.807) is 0 Å². The minimum Gasteiger partial charge on any atom is -0.394 e. The molecule has 3 atom stereocenters. The van der Waals surface area contributed by atoms with E-state index in [1.807, 2.05) is 0 Å². The van der Waals surface area contributed by atoms with E-state index in [4.69, 9.17) is 0 Å². The summed E-state index contributed by atoms with van der Waals surface area (Å²) in [5.41, 5.74) is 0.109. The van der Waals surface area contributed by atoms with E-state index < -0.39 is 0 Å². The molecule has 0 aromatic carbocycles. The quantitative estimate of drug-likeness (QED) is 0.740. The van der Waals surface area contributed by atoms with Crippen molar-refractivity contribution in [2.24, 2.45) is 11.8 Å². The Bertz CT molecular complexity index is 260. The maximum atomic E-state index is 9.88. The van der Waals surface area contributed by atoms with Crippen molar-refractivity contribution in [3.05, 3.63) is 0 Å². The smallest absolute Gasteiger partial charge is 0.0616 e. The highest BCUT2D eigenvalue weighted by Crippen LogP contribution is 2.51. The average Bonchev–Trinajstić information content (AvgIpc) is 2.84. The lowest BCUT2D eigenvalue weighted by Gasteiger charge is -2.40. The zero-order valence-corrected chi connectivity index (χ0v) is 11.0. The topological polar surface area (TPSA) is 32.3 Å². The number of aliphatic hydroxyl groups is 1. The molecule has 0 amide bonds. The molecule has 3 fully saturated rings. The molecule has 0 aromatic rings. The molecule has 3 aliphatic carbocycles. The standard InChI is InChI=1S/C15H27NO/c17-11-15(10-12-7-8-13(15)9-12)16-14-5-3-1-2-4-6-14/h12-14,16-17H,1-11H2. The van der Waals surface area contributed by atoms with E-state index >= 15 is 0 Å². The summed E-state index contributed by atoms with van der Waals surface area (Å²) in [7, 11) is 0. The van der Waals surface area contributed by atoms with Crippen molar-refractivity contribution in [1.29, 1.82) is 0 Å². The van der Waals surface area contributed by atoms with Crippen LogP contribution in [0.2, 0.25) is 0 Å². The van der Waals surface area contributed by atoms with Crippen molar-refractivity contribution < 1.29 is 5.11 Å². The highest BCUT2D eigenvalue weighted by Gasteiger charge is 2.51. The Morgan fingerprint density at radius 2 is 1.76 bits per heavy atom. The van der Waals surface area contributed by atoms with Gasteiger partial charge in [0.25, 0.3) is 0 Å². The third-order valence-corrected chi connectivity index (χ3v) is 5.60. The molecule has 3 unspecified atom stereocenters. The van der Waals surface area contributed by atoms with Gasteiger partial charge in [0.2, 0.25) is 0 Å². The van der Waals surface area contributed by atoms with E-state index in [0.29, 0.717) is 12.6 Å². The summed E-state index contributed by atoms with van der Waals surface area (Å²) in [6.07, 6.45) is 13.6. The van der Waals surface area contributed by atoms with E-state index in [1.165, 1.54) is 64.2 Å². The first-order valence-corrected chi connectivity index (χ1v) is 7.71. The minimum absolute atomic E-state index is 0.109. The van der Waals surface area contributed by atoms with E-state index in [2.05, 4.69) is 5.32 Å². The summed E-state index contributed by atoms with van der Waals surface area (Å²) < 4.78 is 0. The fourth-order valence-corrected chi connectivity index (χ4v) is 4.69. The third-order valence-electron chi connectivity index (χ3n) is 5.60. The van der Waals surface area contributed by atoms with Gasteiger partial charge in [-0.25, -0.2) is 0 Å². The Morgan fingerprint density at radius 1 is 1.00 bits per heavy atom. The second-order valence-corrected chi connectivity index (χ2v) is 6.73. The Morgan fingerprint density at radius 3 is 2.29 bits per heavy atom. The molecule has 2 nitrogen and oxygen atoms in total. The van der Waals surface area contributed by atoms with Crippen LogP contribution < -0.4 is 5.32 Å². The molecular weight excluding hydrogens is 210 g/mol. The van der Waals surface area contributed by atoms with Crippen molar-refractivity contribution in [1.82, 2.24) is 5.32 Å². The fraction of sp³-hybridized carbons (Fsp3) is 1.00. The van der Waals surface area contributed by atoms with E-state index in [9.17, 15) is 5.11 Å². The molecule has 0 saturated heterocycles. The van der Waals surface area contributed by atoms with Gasteiger partial charge in [0.15, 0.2) is 0 Å². The van der Waals surface area contributed by atoms with Crippen LogP contribution in [0.15, 0.2) is 0 Å². The third kappa shape index (κ3) is 2.26. The van der Waals surface area contributed by atoms with Gasteiger partial charge in [0.1, 0.15) is 0 Å². The molecule has 98 valence electrons. The Hall–Kier alpha value is -0.0800. The van der Waals surface area contributed by atoms with Gasteiger partial charge < -0.3 is 10.4 Å². The minimum atomic E-state index is 0.109. The molecule has 0 aliphatic heterocycles. The van der Waals surface area contributed by atoms with Crippen LogP contribution in [0.3, 0.4) is 0 Å². The largest absolute Gasteiger partial charge is 0.394 e. The van der Waals surface area contributed by atoms with Crippen LogP contribution in [0.4, 0.5) is 0 Å². The zero-order valence-electron chi connectivity index (χ0n) is 11.0. The molecule has 3 rings (SSSR count). The molecule has 3 saturated carbocycles. The summed E-state index contributed by atoms with van der Waals surface area (Å²) in [5, 5.41) is 13.8. The van der Waals surface area contributed by atoms with Crippen molar-refractivity contribution in [2.45, 2.75) is 75.8 Å². The van der Waals surface area contributed by atoms with Gasteiger partial charge in [-0.15, -0.1) is 0 Å². The van der Waals surface area contributed by atoms with Crippen LogP contribution in [-0.4, -0.2) is 23.3 Å². The highest BCUT2D eigenvalue weighted by molar-refractivity contribution is 5.07. The molecule has 0 radical (unpaired) electrons. The number of hydrogen-bond acceptors (Lipinski definition) is 2. The van der Waals surface area contributed by atoms with Crippen molar-refractivity contribution >= 4 is 0 Å². The van der Waals surface area contributed by atoms with E-state index in [-0.39, 0.29) is 5.54 Å². The normalized spacial score (nSPS) is 42.9. The van der Waals surface area contributed by atoms with Crippen LogP contribution in [0.5, 0.6) is 0 Å². The second kappa shape index (κ2) is 4.89. The number of fused-ring (bicyclic) bond motifs is 2. The van der Waals surface area contributed by atoms with Crippen LogP contribution in [0, 0.1) is 11.8 Å². The first kappa shape index (κ1) is 12.0.